The van der Waals surface area contributed by atoms with Gasteiger partial charge in [-0.15, -0.1) is 6.42 Å². The number of terminal acetylenes is 1. The number of nitrogens with zero attached hydrogens (tertiary/aromatic N) is 4. The van der Waals surface area contributed by atoms with Crippen LogP contribution in [0.5, 0.6) is 0 Å². The zero-order valence-electron chi connectivity index (χ0n) is 14.4. The van der Waals surface area contributed by atoms with Crippen molar-refractivity contribution in [1.82, 2.24) is 14.0 Å². The van der Waals surface area contributed by atoms with Gasteiger partial charge in [0.25, 0.3) is 5.91 Å². The average Bonchev–Trinajstić information content (AvgIpc) is 3.11. The van der Waals surface area contributed by atoms with E-state index in [9.17, 15) is 4.79 Å². The summed E-state index contributed by atoms with van der Waals surface area (Å²) in [5.74, 6) is 2.32. The van der Waals surface area contributed by atoms with Gasteiger partial charge in [-0.2, -0.15) is 4.99 Å². The SMILES string of the molecule is C#CCn1c(=NC(=O)c2c(C)nc3ccccn23)sc2cc(C)ccc21. The van der Waals surface area contributed by atoms with Crippen molar-refractivity contribution in [3.05, 3.63) is 64.3 Å². The first-order chi connectivity index (χ1) is 12.6. The van der Waals surface area contributed by atoms with E-state index in [2.05, 4.69) is 22.0 Å². The van der Waals surface area contributed by atoms with Crippen molar-refractivity contribution >= 4 is 33.1 Å². The largest absolute Gasteiger partial charge is 0.305 e. The minimum atomic E-state index is -0.324. The highest BCUT2D eigenvalue weighted by Gasteiger charge is 2.16. The first-order valence-corrected chi connectivity index (χ1v) is 8.96. The van der Waals surface area contributed by atoms with Crippen LogP contribution in [0.3, 0.4) is 0 Å². The number of benzene rings is 1. The molecule has 26 heavy (non-hydrogen) atoms. The molecule has 0 atom stereocenters. The number of carbonyl (C=O) groups is 1. The molecule has 0 N–H and O–H groups in total. The normalized spacial score (nSPS) is 12.0. The maximum absolute atomic E-state index is 12.9. The average molecular weight is 360 g/mol. The molecule has 3 heterocycles. The number of hydrogen-bond donors (Lipinski definition) is 0. The van der Waals surface area contributed by atoms with Crippen molar-refractivity contribution in [2.24, 2.45) is 4.99 Å². The van der Waals surface area contributed by atoms with E-state index in [1.165, 1.54) is 11.3 Å². The standard InChI is InChI=1S/C20H16N4OS/c1-4-10-23-15-9-8-13(2)12-16(15)26-20(23)22-19(25)18-14(3)21-17-7-5-6-11-24(17)18/h1,5-9,11-12H,10H2,2-3H3. The molecule has 0 aliphatic carbocycles. The van der Waals surface area contributed by atoms with E-state index in [0.29, 0.717) is 22.7 Å². The lowest BCUT2D eigenvalue weighted by Crippen LogP contribution is -2.17. The van der Waals surface area contributed by atoms with Gasteiger partial charge in [0.15, 0.2) is 4.80 Å². The van der Waals surface area contributed by atoms with E-state index in [4.69, 9.17) is 6.42 Å². The van der Waals surface area contributed by atoms with E-state index in [-0.39, 0.29) is 5.91 Å². The minimum absolute atomic E-state index is 0.324. The van der Waals surface area contributed by atoms with Crippen LogP contribution in [-0.4, -0.2) is 19.9 Å². The van der Waals surface area contributed by atoms with Crippen LogP contribution in [0.15, 0.2) is 47.6 Å². The molecule has 0 unspecified atom stereocenters. The third-order valence-corrected chi connectivity index (χ3v) is 5.23. The topological polar surface area (TPSA) is 51.7 Å². The molecule has 0 radical (unpaired) electrons. The van der Waals surface area contributed by atoms with Crippen molar-refractivity contribution < 1.29 is 4.79 Å². The molecule has 0 aliphatic rings. The Balaban J connectivity index is 1.93. The Labute approximate surface area is 154 Å². The van der Waals surface area contributed by atoms with Crippen molar-refractivity contribution in [3.63, 3.8) is 0 Å². The molecule has 128 valence electrons. The third kappa shape index (κ3) is 2.63. The van der Waals surface area contributed by atoms with Crippen LogP contribution in [0, 0.1) is 26.2 Å². The molecule has 0 saturated heterocycles. The number of carbonyl (C=O) groups excluding carboxylic acids is 1. The molecule has 0 aliphatic heterocycles. The summed E-state index contributed by atoms with van der Waals surface area (Å²) in [4.78, 5) is 22.3. The molecular formula is C20H16N4OS. The Bertz CT molecular complexity index is 1270. The number of fused-ring (bicyclic) bond motifs is 2. The van der Waals surface area contributed by atoms with Crippen LogP contribution in [0.2, 0.25) is 0 Å². The summed E-state index contributed by atoms with van der Waals surface area (Å²) in [5, 5.41) is 0. The van der Waals surface area contributed by atoms with Crippen molar-refractivity contribution in [2.45, 2.75) is 20.4 Å². The zero-order chi connectivity index (χ0) is 18.3. The number of rotatable bonds is 2. The van der Waals surface area contributed by atoms with E-state index >= 15 is 0 Å². The molecule has 0 spiro atoms. The lowest BCUT2D eigenvalue weighted by atomic mass is 10.2. The second-order valence-corrected chi connectivity index (χ2v) is 7.05. The minimum Gasteiger partial charge on any atom is -0.305 e. The van der Waals surface area contributed by atoms with E-state index < -0.39 is 0 Å². The van der Waals surface area contributed by atoms with Gasteiger partial charge in [0.1, 0.15) is 11.3 Å². The van der Waals surface area contributed by atoms with Crippen molar-refractivity contribution in [2.75, 3.05) is 0 Å². The van der Waals surface area contributed by atoms with Gasteiger partial charge in [-0.05, 0) is 43.7 Å². The number of pyridine rings is 1. The lowest BCUT2D eigenvalue weighted by Gasteiger charge is -2.00. The van der Waals surface area contributed by atoms with E-state index in [1.54, 1.807) is 4.40 Å². The number of imidazole rings is 1. The number of aromatic nitrogens is 3. The molecule has 1 aromatic carbocycles. The Morgan fingerprint density at radius 1 is 1.31 bits per heavy atom. The molecular weight excluding hydrogens is 344 g/mol. The molecule has 1 amide bonds. The molecule has 0 fully saturated rings. The predicted molar refractivity (Wildman–Crippen MR) is 103 cm³/mol. The summed E-state index contributed by atoms with van der Waals surface area (Å²) in [6, 6.07) is 11.7. The fourth-order valence-corrected chi connectivity index (χ4v) is 4.15. The summed E-state index contributed by atoms with van der Waals surface area (Å²) >= 11 is 1.47. The highest BCUT2D eigenvalue weighted by atomic mass is 32.1. The summed E-state index contributed by atoms with van der Waals surface area (Å²) in [6.07, 6.45) is 7.35. The zero-order valence-corrected chi connectivity index (χ0v) is 15.2. The van der Waals surface area contributed by atoms with E-state index in [0.717, 1.165) is 21.4 Å². The molecule has 6 heteroatoms. The Morgan fingerprint density at radius 2 is 2.15 bits per heavy atom. The quantitative estimate of drug-likeness (QED) is 0.515. The highest BCUT2D eigenvalue weighted by molar-refractivity contribution is 7.16. The Hall–Kier alpha value is -3.17. The van der Waals surface area contributed by atoms with Gasteiger partial charge in [-0.3, -0.25) is 9.20 Å². The molecule has 0 saturated carbocycles. The van der Waals surface area contributed by atoms with Crippen LogP contribution in [0.25, 0.3) is 15.9 Å². The van der Waals surface area contributed by atoms with Crippen LogP contribution < -0.4 is 4.80 Å². The monoisotopic (exact) mass is 360 g/mol. The van der Waals surface area contributed by atoms with Crippen LogP contribution in [0.1, 0.15) is 21.7 Å². The summed E-state index contributed by atoms with van der Waals surface area (Å²) in [6.45, 7) is 4.22. The first-order valence-electron chi connectivity index (χ1n) is 8.14. The molecule has 5 nitrogen and oxygen atoms in total. The van der Waals surface area contributed by atoms with Gasteiger partial charge in [0.2, 0.25) is 0 Å². The number of thiazole rings is 1. The summed E-state index contributed by atoms with van der Waals surface area (Å²) < 4.78 is 4.72. The molecule has 3 aromatic heterocycles. The summed E-state index contributed by atoms with van der Waals surface area (Å²) in [7, 11) is 0. The molecule has 4 rings (SSSR count). The maximum atomic E-state index is 12.9. The number of aryl methyl sites for hydroxylation is 2. The fourth-order valence-electron chi connectivity index (χ4n) is 3.02. The van der Waals surface area contributed by atoms with Crippen molar-refractivity contribution in [1.29, 1.82) is 0 Å². The smallest absolute Gasteiger partial charge is 0.298 e. The lowest BCUT2D eigenvalue weighted by molar-refractivity contribution is 0.0991. The van der Waals surface area contributed by atoms with Gasteiger partial charge >= 0.3 is 0 Å². The van der Waals surface area contributed by atoms with Crippen molar-refractivity contribution in [3.8, 4) is 12.3 Å². The highest BCUT2D eigenvalue weighted by Crippen LogP contribution is 2.19. The van der Waals surface area contributed by atoms with Crippen LogP contribution in [-0.2, 0) is 6.54 Å². The Morgan fingerprint density at radius 3 is 2.96 bits per heavy atom. The fraction of sp³-hybridized carbons (Fsp3) is 0.150. The van der Waals surface area contributed by atoms with Crippen LogP contribution >= 0.6 is 11.3 Å². The van der Waals surface area contributed by atoms with Gasteiger partial charge in [0.05, 0.1) is 22.5 Å². The maximum Gasteiger partial charge on any atom is 0.298 e. The van der Waals surface area contributed by atoms with Gasteiger partial charge in [-0.25, -0.2) is 4.98 Å². The molecule has 0 bridgehead atoms. The Kier molecular flexibility index (Phi) is 3.94. The van der Waals surface area contributed by atoms with Gasteiger partial charge < -0.3 is 4.57 Å². The number of amides is 1. The van der Waals surface area contributed by atoms with Gasteiger partial charge in [0, 0.05) is 6.20 Å². The first kappa shape index (κ1) is 16.3. The van der Waals surface area contributed by atoms with Crippen LogP contribution in [0.4, 0.5) is 0 Å². The second-order valence-electron chi connectivity index (χ2n) is 6.04. The second kappa shape index (κ2) is 6.28. The summed E-state index contributed by atoms with van der Waals surface area (Å²) in [5.41, 5.74) is 4.00. The predicted octanol–water partition coefficient (Wildman–Crippen LogP) is 3.34. The van der Waals surface area contributed by atoms with Gasteiger partial charge in [-0.1, -0.05) is 29.4 Å². The number of hydrogen-bond acceptors (Lipinski definition) is 3. The van der Waals surface area contributed by atoms with E-state index in [1.807, 2.05) is 54.9 Å². The molecule has 4 aromatic rings. The third-order valence-electron chi connectivity index (χ3n) is 4.19.